The fourth-order valence-corrected chi connectivity index (χ4v) is 4.55. The van der Waals surface area contributed by atoms with Crippen molar-refractivity contribution < 1.29 is 9.66 Å². The van der Waals surface area contributed by atoms with Crippen LogP contribution in [0.25, 0.3) is 0 Å². The highest BCUT2D eigenvalue weighted by molar-refractivity contribution is 5.66. The first-order valence-corrected chi connectivity index (χ1v) is 8.74. The molecule has 2 heterocycles. The molecule has 0 aliphatic carbocycles. The van der Waals surface area contributed by atoms with Crippen molar-refractivity contribution in [3.8, 4) is 5.75 Å². The molecule has 0 fully saturated rings. The number of aryl methyl sites for hydroxylation is 1. The standard InChI is InChI=1S/C20H22N2O3/c1-4-21-17-8-6-5-7-16(17)19(2,3)20(21)12-11-14-13-15(22(23)24)9-10-18(14)25-20/h5-10,13H,4,11-12H2,1-3H3. The van der Waals surface area contributed by atoms with E-state index in [-0.39, 0.29) is 16.0 Å². The zero-order valence-electron chi connectivity index (χ0n) is 14.8. The van der Waals surface area contributed by atoms with E-state index in [1.54, 1.807) is 12.1 Å². The van der Waals surface area contributed by atoms with E-state index in [0.717, 1.165) is 30.7 Å². The minimum absolute atomic E-state index is 0.125. The highest BCUT2D eigenvalue weighted by atomic mass is 16.6. The van der Waals surface area contributed by atoms with Crippen LogP contribution in [0.15, 0.2) is 42.5 Å². The van der Waals surface area contributed by atoms with Gasteiger partial charge in [-0.1, -0.05) is 18.2 Å². The molecule has 0 bridgehead atoms. The summed E-state index contributed by atoms with van der Waals surface area (Å²) in [5.74, 6) is 0.760. The molecule has 0 saturated carbocycles. The van der Waals surface area contributed by atoms with Crippen LogP contribution >= 0.6 is 0 Å². The lowest BCUT2D eigenvalue weighted by atomic mass is 9.74. The van der Waals surface area contributed by atoms with Gasteiger partial charge in [0.05, 0.1) is 10.3 Å². The van der Waals surface area contributed by atoms with Crippen LogP contribution in [0.4, 0.5) is 11.4 Å². The van der Waals surface area contributed by atoms with Gasteiger partial charge in [0.2, 0.25) is 0 Å². The van der Waals surface area contributed by atoms with Crippen molar-refractivity contribution >= 4 is 11.4 Å². The average Bonchev–Trinajstić information content (AvgIpc) is 2.78. The molecule has 0 aromatic heterocycles. The maximum atomic E-state index is 11.0. The molecule has 2 aliphatic rings. The third kappa shape index (κ3) is 2.01. The van der Waals surface area contributed by atoms with Crippen molar-refractivity contribution in [2.75, 3.05) is 11.4 Å². The lowest BCUT2D eigenvalue weighted by Gasteiger charge is -2.49. The molecule has 2 aromatic rings. The van der Waals surface area contributed by atoms with Crippen molar-refractivity contribution in [3.63, 3.8) is 0 Å². The predicted octanol–water partition coefficient (Wildman–Crippen LogP) is 4.43. The van der Waals surface area contributed by atoms with Crippen LogP contribution in [-0.2, 0) is 11.8 Å². The van der Waals surface area contributed by atoms with E-state index in [0.29, 0.717) is 0 Å². The third-order valence-electron chi connectivity index (χ3n) is 5.86. The molecule has 0 amide bonds. The Bertz CT molecular complexity index is 862. The predicted molar refractivity (Wildman–Crippen MR) is 97.3 cm³/mol. The molecule has 130 valence electrons. The fraction of sp³-hybridized carbons (Fsp3) is 0.400. The van der Waals surface area contributed by atoms with Gasteiger partial charge in [0.1, 0.15) is 5.75 Å². The van der Waals surface area contributed by atoms with Crippen molar-refractivity contribution in [1.29, 1.82) is 0 Å². The summed E-state index contributed by atoms with van der Waals surface area (Å²) in [7, 11) is 0. The van der Waals surface area contributed by atoms with E-state index in [4.69, 9.17) is 4.74 Å². The molecule has 2 aromatic carbocycles. The van der Waals surface area contributed by atoms with Gasteiger partial charge >= 0.3 is 0 Å². The summed E-state index contributed by atoms with van der Waals surface area (Å²) in [4.78, 5) is 13.0. The highest BCUT2D eigenvalue weighted by Gasteiger charge is 2.59. The summed E-state index contributed by atoms with van der Waals surface area (Å²) < 4.78 is 6.62. The van der Waals surface area contributed by atoms with Gasteiger partial charge in [-0.05, 0) is 44.9 Å². The molecular formula is C20H22N2O3. The van der Waals surface area contributed by atoms with Gasteiger partial charge in [-0.3, -0.25) is 10.1 Å². The quantitative estimate of drug-likeness (QED) is 0.600. The van der Waals surface area contributed by atoms with Gasteiger partial charge in [-0.2, -0.15) is 0 Å². The van der Waals surface area contributed by atoms with E-state index in [1.807, 2.05) is 0 Å². The lowest BCUT2D eigenvalue weighted by molar-refractivity contribution is -0.385. The first kappa shape index (κ1) is 15.9. The molecule has 2 aliphatic heterocycles. The molecule has 5 nitrogen and oxygen atoms in total. The number of nitrogens with zero attached hydrogens (tertiary/aromatic N) is 2. The van der Waals surface area contributed by atoms with Crippen LogP contribution < -0.4 is 9.64 Å². The van der Waals surface area contributed by atoms with E-state index in [9.17, 15) is 10.1 Å². The Morgan fingerprint density at radius 2 is 2.00 bits per heavy atom. The number of benzene rings is 2. The highest BCUT2D eigenvalue weighted by Crippen LogP contribution is 2.56. The van der Waals surface area contributed by atoms with Gasteiger partial charge < -0.3 is 9.64 Å². The molecule has 4 rings (SSSR count). The number of ether oxygens (including phenoxy) is 1. The Labute approximate surface area is 147 Å². The smallest absolute Gasteiger partial charge is 0.269 e. The van der Waals surface area contributed by atoms with Crippen LogP contribution in [0.5, 0.6) is 5.75 Å². The summed E-state index contributed by atoms with van der Waals surface area (Å²) in [6, 6.07) is 13.4. The summed E-state index contributed by atoms with van der Waals surface area (Å²) in [6.07, 6.45) is 1.57. The number of rotatable bonds is 2. The number of non-ortho nitro benzene ring substituents is 1. The summed E-state index contributed by atoms with van der Waals surface area (Å²) in [5, 5.41) is 11.0. The zero-order chi connectivity index (χ0) is 17.8. The number of nitro benzene ring substituents is 1. The average molecular weight is 338 g/mol. The summed E-state index contributed by atoms with van der Waals surface area (Å²) >= 11 is 0. The van der Waals surface area contributed by atoms with Gasteiger partial charge in [0.25, 0.3) is 5.69 Å². The second-order valence-corrected chi connectivity index (χ2v) is 7.32. The Balaban J connectivity index is 1.82. The maximum Gasteiger partial charge on any atom is 0.269 e. The zero-order valence-corrected chi connectivity index (χ0v) is 14.8. The summed E-state index contributed by atoms with van der Waals surface area (Å²) in [5.41, 5.74) is 2.91. The van der Waals surface area contributed by atoms with Gasteiger partial charge in [0.15, 0.2) is 5.72 Å². The maximum absolute atomic E-state index is 11.0. The third-order valence-corrected chi connectivity index (χ3v) is 5.86. The first-order valence-electron chi connectivity index (χ1n) is 8.74. The van der Waals surface area contributed by atoms with Crippen LogP contribution in [0, 0.1) is 10.1 Å². The molecule has 25 heavy (non-hydrogen) atoms. The van der Waals surface area contributed by atoms with Crippen molar-refractivity contribution in [2.24, 2.45) is 0 Å². The molecule has 0 saturated heterocycles. The van der Waals surface area contributed by atoms with Crippen molar-refractivity contribution in [2.45, 2.75) is 44.8 Å². The number of anilines is 1. The molecule has 0 N–H and O–H groups in total. The Kier molecular flexibility index (Phi) is 3.33. The summed E-state index contributed by atoms with van der Waals surface area (Å²) in [6.45, 7) is 7.47. The number of likely N-dealkylation sites (N-methyl/N-ethyl adjacent to an activating group) is 1. The molecular weight excluding hydrogens is 316 g/mol. The van der Waals surface area contributed by atoms with Gasteiger partial charge in [-0.15, -0.1) is 0 Å². The van der Waals surface area contributed by atoms with Crippen molar-refractivity contribution in [1.82, 2.24) is 0 Å². The second-order valence-electron chi connectivity index (χ2n) is 7.32. The topological polar surface area (TPSA) is 55.6 Å². The molecule has 1 unspecified atom stereocenters. The number of hydrogen-bond acceptors (Lipinski definition) is 4. The second kappa shape index (κ2) is 5.22. The number of hydrogen-bond donors (Lipinski definition) is 0. The minimum atomic E-state index is -0.464. The number of nitro groups is 1. The number of para-hydroxylation sites is 1. The van der Waals surface area contributed by atoms with E-state index < -0.39 is 5.72 Å². The fourth-order valence-electron chi connectivity index (χ4n) is 4.55. The lowest BCUT2D eigenvalue weighted by Crippen LogP contribution is -2.61. The van der Waals surface area contributed by atoms with Crippen LogP contribution in [0.2, 0.25) is 0 Å². The van der Waals surface area contributed by atoms with Crippen LogP contribution in [0.3, 0.4) is 0 Å². The van der Waals surface area contributed by atoms with E-state index in [2.05, 4.69) is 49.9 Å². The first-order chi connectivity index (χ1) is 11.9. The van der Waals surface area contributed by atoms with Gasteiger partial charge in [0, 0.05) is 36.3 Å². The number of fused-ring (bicyclic) bond motifs is 2. The van der Waals surface area contributed by atoms with E-state index in [1.165, 1.54) is 17.3 Å². The van der Waals surface area contributed by atoms with Crippen LogP contribution in [-0.4, -0.2) is 17.2 Å². The Hall–Kier alpha value is -2.56. The molecule has 5 heteroatoms. The largest absolute Gasteiger partial charge is 0.467 e. The normalized spacial score (nSPS) is 23.1. The van der Waals surface area contributed by atoms with E-state index >= 15 is 0 Å². The molecule has 0 radical (unpaired) electrons. The molecule has 1 spiro atoms. The Morgan fingerprint density at radius 1 is 1.24 bits per heavy atom. The van der Waals surface area contributed by atoms with Crippen molar-refractivity contribution in [3.05, 3.63) is 63.7 Å². The minimum Gasteiger partial charge on any atom is -0.467 e. The monoisotopic (exact) mass is 338 g/mol. The Morgan fingerprint density at radius 3 is 2.72 bits per heavy atom. The van der Waals surface area contributed by atoms with Gasteiger partial charge in [-0.25, -0.2) is 0 Å². The van der Waals surface area contributed by atoms with Crippen LogP contribution in [0.1, 0.15) is 38.3 Å². The molecule has 1 atom stereocenters. The SMILES string of the molecule is CCN1c2ccccc2C(C)(C)C12CCc1cc([N+](=O)[O-])ccc1O2.